The largest absolute Gasteiger partial charge is 0.494 e. The highest BCUT2D eigenvalue weighted by Crippen LogP contribution is 2.35. The standard InChI is InChI=1S/C32H33N5O4/c1-3-41-23-8-6-21(7-9-23)29-26-5-4-12-35(26)13-14-36(29)32(39)24-18-25-27(17-20(24)2)37-28(31(38)34-25)19-33-30(37)22-10-15-40-16-11-22/h4-9,12,17-19,22,29H,3,10-11,13-16H2,1-2H3,(H,34,38). The van der Waals surface area contributed by atoms with Crippen molar-refractivity contribution >= 4 is 22.5 Å². The van der Waals surface area contributed by atoms with Gasteiger partial charge in [0.2, 0.25) is 0 Å². The van der Waals surface area contributed by atoms with Crippen LogP contribution in [0.25, 0.3) is 16.6 Å². The molecule has 0 spiro atoms. The fourth-order valence-corrected chi connectivity index (χ4v) is 6.44. The summed E-state index contributed by atoms with van der Waals surface area (Å²) in [7, 11) is 0. The van der Waals surface area contributed by atoms with Crippen LogP contribution in [-0.4, -0.2) is 56.1 Å². The molecule has 7 rings (SSSR count). The van der Waals surface area contributed by atoms with Crippen LogP contribution in [0.15, 0.2) is 65.7 Å². The van der Waals surface area contributed by atoms with Crippen LogP contribution < -0.4 is 10.3 Å². The van der Waals surface area contributed by atoms with Gasteiger partial charge in [-0.1, -0.05) is 12.1 Å². The van der Waals surface area contributed by atoms with Gasteiger partial charge < -0.3 is 23.9 Å². The van der Waals surface area contributed by atoms with Crippen LogP contribution in [0.2, 0.25) is 0 Å². The molecule has 41 heavy (non-hydrogen) atoms. The fraction of sp³-hybridized carbons (Fsp3) is 0.344. The first-order chi connectivity index (χ1) is 20.0. The third-order valence-corrected chi connectivity index (χ3v) is 8.48. The highest BCUT2D eigenvalue weighted by Gasteiger charge is 2.33. The van der Waals surface area contributed by atoms with E-state index >= 15 is 0 Å². The smallest absolute Gasteiger partial charge is 0.274 e. The highest BCUT2D eigenvalue weighted by molar-refractivity contribution is 5.99. The van der Waals surface area contributed by atoms with Crippen molar-refractivity contribution in [1.29, 1.82) is 0 Å². The predicted molar refractivity (Wildman–Crippen MR) is 156 cm³/mol. The highest BCUT2D eigenvalue weighted by atomic mass is 16.5. The molecule has 9 heteroatoms. The van der Waals surface area contributed by atoms with Crippen LogP contribution in [0.1, 0.15) is 64.7 Å². The third kappa shape index (κ3) is 4.32. The summed E-state index contributed by atoms with van der Waals surface area (Å²) >= 11 is 0. The average molecular weight is 552 g/mol. The number of aromatic amines is 1. The maximum absolute atomic E-state index is 14.3. The zero-order valence-electron chi connectivity index (χ0n) is 23.3. The lowest BCUT2D eigenvalue weighted by molar-refractivity contribution is 0.0663. The first-order valence-electron chi connectivity index (χ1n) is 14.3. The van der Waals surface area contributed by atoms with Crippen molar-refractivity contribution < 1.29 is 14.3 Å². The summed E-state index contributed by atoms with van der Waals surface area (Å²) in [4.78, 5) is 37.1. The molecule has 1 saturated heterocycles. The van der Waals surface area contributed by atoms with E-state index in [1.54, 1.807) is 6.20 Å². The van der Waals surface area contributed by atoms with E-state index < -0.39 is 0 Å². The van der Waals surface area contributed by atoms with E-state index in [0.29, 0.717) is 43.0 Å². The van der Waals surface area contributed by atoms with E-state index in [2.05, 4.69) is 26.8 Å². The molecule has 0 radical (unpaired) electrons. The van der Waals surface area contributed by atoms with Crippen LogP contribution in [0.3, 0.4) is 0 Å². The van der Waals surface area contributed by atoms with Gasteiger partial charge in [0.05, 0.1) is 29.9 Å². The van der Waals surface area contributed by atoms with Gasteiger partial charge in [-0.2, -0.15) is 0 Å². The van der Waals surface area contributed by atoms with Crippen molar-refractivity contribution in [3.63, 3.8) is 0 Å². The van der Waals surface area contributed by atoms with Crippen molar-refractivity contribution in [1.82, 2.24) is 23.8 Å². The second-order valence-electron chi connectivity index (χ2n) is 10.9. The third-order valence-electron chi connectivity index (χ3n) is 8.48. The van der Waals surface area contributed by atoms with E-state index in [0.717, 1.165) is 53.3 Å². The number of carbonyl (C=O) groups is 1. The second-order valence-corrected chi connectivity index (χ2v) is 10.9. The minimum Gasteiger partial charge on any atom is -0.494 e. The molecule has 1 fully saturated rings. The number of amides is 1. The Hall–Kier alpha value is -4.37. The quantitative estimate of drug-likeness (QED) is 0.338. The first-order valence-corrected chi connectivity index (χ1v) is 14.3. The molecule has 5 aromatic rings. The first kappa shape index (κ1) is 25.6. The number of nitrogens with one attached hydrogen (secondary N) is 1. The van der Waals surface area contributed by atoms with E-state index in [1.807, 2.05) is 65.6 Å². The number of hydrogen-bond acceptors (Lipinski definition) is 5. The Kier molecular flexibility index (Phi) is 6.38. The van der Waals surface area contributed by atoms with Crippen LogP contribution in [0.4, 0.5) is 0 Å². The van der Waals surface area contributed by atoms with E-state index in [-0.39, 0.29) is 23.4 Å². The molecule has 2 aliphatic rings. The Morgan fingerprint density at radius 1 is 1.10 bits per heavy atom. The van der Waals surface area contributed by atoms with Gasteiger partial charge in [-0.3, -0.25) is 14.0 Å². The summed E-state index contributed by atoms with van der Waals surface area (Å²) in [6.45, 7) is 7.19. The lowest BCUT2D eigenvalue weighted by Gasteiger charge is -2.37. The zero-order valence-corrected chi connectivity index (χ0v) is 23.3. The molecule has 2 aromatic carbocycles. The van der Waals surface area contributed by atoms with Crippen molar-refractivity contribution in [2.45, 2.75) is 45.2 Å². The molecule has 210 valence electrons. The molecule has 1 N–H and O–H groups in total. The van der Waals surface area contributed by atoms with Crippen LogP contribution in [0.5, 0.6) is 5.75 Å². The Morgan fingerprint density at radius 3 is 2.68 bits per heavy atom. The van der Waals surface area contributed by atoms with Crippen molar-refractivity contribution in [3.05, 3.63) is 99.5 Å². The number of fused-ring (bicyclic) bond motifs is 4. The summed E-state index contributed by atoms with van der Waals surface area (Å²) in [5.41, 5.74) is 5.31. The number of carbonyl (C=O) groups excluding carboxylic acids is 1. The SMILES string of the molecule is CCOc1ccc(C2c3cccn3CCN2C(=O)c2cc3[nH]c(=O)c4cnc(C5CCOCC5)n4c3cc2C)cc1. The summed E-state index contributed by atoms with van der Waals surface area (Å²) in [6.07, 6.45) is 5.46. The number of aryl methyl sites for hydroxylation is 1. The van der Waals surface area contributed by atoms with E-state index in [4.69, 9.17) is 9.47 Å². The number of benzene rings is 2. The fourth-order valence-electron chi connectivity index (χ4n) is 6.44. The molecule has 0 bridgehead atoms. The van der Waals surface area contributed by atoms with Gasteiger partial charge >= 0.3 is 0 Å². The normalized spacial score (nSPS) is 17.7. The van der Waals surface area contributed by atoms with Gasteiger partial charge in [-0.05, 0) is 74.2 Å². The molecule has 0 aliphatic carbocycles. The Labute approximate surface area is 237 Å². The Morgan fingerprint density at radius 2 is 1.90 bits per heavy atom. The Bertz CT molecular complexity index is 1810. The van der Waals surface area contributed by atoms with Crippen LogP contribution in [-0.2, 0) is 11.3 Å². The van der Waals surface area contributed by atoms with Gasteiger partial charge in [-0.15, -0.1) is 0 Å². The molecule has 9 nitrogen and oxygen atoms in total. The van der Waals surface area contributed by atoms with Crippen LogP contribution in [0, 0.1) is 6.92 Å². The second kappa shape index (κ2) is 10.2. The number of hydrogen-bond donors (Lipinski definition) is 1. The van der Waals surface area contributed by atoms with E-state index in [1.165, 1.54) is 0 Å². The molecule has 3 aromatic heterocycles. The van der Waals surface area contributed by atoms with Crippen LogP contribution >= 0.6 is 0 Å². The van der Waals surface area contributed by atoms with Gasteiger partial charge in [0.15, 0.2) is 0 Å². The molecule has 1 atom stereocenters. The minimum absolute atomic E-state index is 0.0630. The van der Waals surface area contributed by atoms with Crippen molar-refractivity contribution in [3.8, 4) is 5.75 Å². The van der Waals surface area contributed by atoms with Gasteiger partial charge in [0.1, 0.15) is 17.1 Å². The maximum Gasteiger partial charge on any atom is 0.274 e. The number of nitrogens with zero attached hydrogens (tertiary/aromatic N) is 4. The molecular formula is C32H33N5O4. The lowest BCUT2D eigenvalue weighted by atomic mass is 9.97. The van der Waals surface area contributed by atoms with Crippen molar-refractivity contribution in [2.24, 2.45) is 0 Å². The van der Waals surface area contributed by atoms with Gasteiger partial charge in [0, 0.05) is 49.7 Å². The number of ether oxygens (including phenoxy) is 2. The number of aromatic nitrogens is 4. The molecule has 2 aliphatic heterocycles. The van der Waals surface area contributed by atoms with Crippen molar-refractivity contribution in [2.75, 3.05) is 26.4 Å². The molecule has 5 heterocycles. The summed E-state index contributed by atoms with van der Waals surface area (Å²) < 4.78 is 15.4. The number of H-pyrrole nitrogens is 1. The molecule has 1 amide bonds. The average Bonchev–Trinajstić information content (AvgIpc) is 3.66. The molecule has 1 unspecified atom stereocenters. The molecular weight excluding hydrogens is 518 g/mol. The maximum atomic E-state index is 14.3. The predicted octanol–water partition coefficient (Wildman–Crippen LogP) is 4.82. The topological polar surface area (TPSA) is 93.9 Å². The summed E-state index contributed by atoms with van der Waals surface area (Å²) in [5, 5.41) is 0. The van der Waals surface area contributed by atoms with Gasteiger partial charge in [-0.25, -0.2) is 4.98 Å². The zero-order chi connectivity index (χ0) is 28.1. The summed E-state index contributed by atoms with van der Waals surface area (Å²) in [5.74, 6) is 1.84. The van der Waals surface area contributed by atoms with Gasteiger partial charge in [0.25, 0.3) is 11.5 Å². The Balaban J connectivity index is 1.31. The molecule has 0 saturated carbocycles. The monoisotopic (exact) mass is 551 g/mol. The summed E-state index contributed by atoms with van der Waals surface area (Å²) in [6, 6.07) is 15.7. The number of imidazole rings is 1. The van der Waals surface area contributed by atoms with E-state index in [9.17, 15) is 9.59 Å². The lowest BCUT2D eigenvalue weighted by Crippen LogP contribution is -2.42. The number of rotatable bonds is 5. The minimum atomic E-state index is -0.243.